The molecule has 0 aliphatic carbocycles. The van der Waals surface area contributed by atoms with E-state index in [1.54, 1.807) is 0 Å². The maximum absolute atomic E-state index is 6.14. The van der Waals surface area contributed by atoms with Gasteiger partial charge < -0.3 is 5.73 Å². The molecule has 2 N–H and O–H groups in total. The summed E-state index contributed by atoms with van der Waals surface area (Å²) < 4.78 is 0. The van der Waals surface area contributed by atoms with Gasteiger partial charge in [-0.15, -0.1) is 0 Å². The van der Waals surface area contributed by atoms with Crippen LogP contribution in [0.5, 0.6) is 0 Å². The molecule has 0 radical (unpaired) electrons. The van der Waals surface area contributed by atoms with Crippen LogP contribution in [-0.4, -0.2) is 17.5 Å². The highest BCUT2D eigenvalue weighted by molar-refractivity contribution is 5.51. The molecule has 0 saturated carbocycles. The molecule has 1 heterocycles. The third-order valence-electron chi connectivity index (χ3n) is 4.66. The first-order chi connectivity index (χ1) is 10.2. The predicted octanol–water partition coefficient (Wildman–Crippen LogP) is 3.65. The minimum absolute atomic E-state index is 0.595. The quantitative estimate of drug-likeness (QED) is 0.866. The summed E-state index contributed by atoms with van der Waals surface area (Å²) in [6.45, 7) is 4.48. The van der Waals surface area contributed by atoms with E-state index in [1.165, 1.54) is 23.1 Å². The van der Waals surface area contributed by atoms with Crippen LogP contribution in [0.2, 0.25) is 0 Å². The molecular formula is C19H24N2. The molecule has 21 heavy (non-hydrogen) atoms. The van der Waals surface area contributed by atoms with E-state index < -0.39 is 0 Å². The van der Waals surface area contributed by atoms with Crippen molar-refractivity contribution in [3.63, 3.8) is 0 Å². The number of rotatable bonds is 4. The van der Waals surface area contributed by atoms with Crippen molar-refractivity contribution in [3.8, 4) is 0 Å². The van der Waals surface area contributed by atoms with Crippen LogP contribution in [0.15, 0.2) is 48.5 Å². The zero-order valence-electron chi connectivity index (χ0n) is 12.8. The molecule has 0 saturated heterocycles. The van der Waals surface area contributed by atoms with Crippen molar-refractivity contribution < 1.29 is 0 Å². The van der Waals surface area contributed by atoms with Crippen LogP contribution in [0.3, 0.4) is 0 Å². The summed E-state index contributed by atoms with van der Waals surface area (Å²) >= 11 is 0. The van der Waals surface area contributed by atoms with Crippen LogP contribution < -0.4 is 5.73 Å². The van der Waals surface area contributed by atoms with Crippen LogP contribution in [0.25, 0.3) is 0 Å². The second-order valence-corrected chi connectivity index (χ2v) is 6.08. The van der Waals surface area contributed by atoms with Crippen molar-refractivity contribution in [2.24, 2.45) is 0 Å². The van der Waals surface area contributed by atoms with Crippen LogP contribution in [0.1, 0.15) is 30.0 Å². The molecule has 0 amide bonds. The van der Waals surface area contributed by atoms with E-state index in [0.29, 0.717) is 6.04 Å². The molecule has 3 rings (SSSR count). The molecule has 1 aliphatic heterocycles. The highest BCUT2D eigenvalue weighted by atomic mass is 15.2. The van der Waals surface area contributed by atoms with E-state index in [-0.39, 0.29) is 0 Å². The minimum Gasteiger partial charge on any atom is -0.398 e. The molecule has 2 aromatic carbocycles. The minimum atomic E-state index is 0.595. The van der Waals surface area contributed by atoms with Gasteiger partial charge in [0.05, 0.1) is 0 Å². The number of nitrogen functional groups attached to an aromatic ring is 1. The third kappa shape index (κ3) is 3.27. The lowest BCUT2D eigenvalue weighted by atomic mass is 9.96. The highest BCUT2D eigenvalue weighted by Crippen LogP contribution is 2.26. The predicted molar refractivity (Wildman–Crippen MR) is 89.2 cm³/mol. The highest BCUT2D eigenvalue weighted by Gasteiger charge is 2.21. The van der Waals surface area contributed by atoms with E-state index in [1.807, 2.05) is 6.07 Å². The Morgan fingerprint density at radius 2 is 1.90 bits per heavy atom. The average Bonchev–Trinajstić information content (AvgIpc) is 2.54. The Morgan fingerprint density at radius 3 is 2.71 bits per heavy atom. The molecular weight excluding hydrogens is 256 g/mol. The van der Waals surface area contributed by atoms with Crippen molar-refractivity contribution in [1.82, 2.24) is 4.90 Å². The number of aryl methyl sites for hydroxylation is 1. The van der Waals surface area contributed by atoms with E-state index in [9.17, 15) is 0 Å². The fraction of sp³-hybridized carbons (Fsp3) is 0.368. The number of hydrogen-bond acceptors (Lipinski definition) is 2. The first-order valence-corrected chi connectivity index (χ1v) is 7.88. The zero-order chi connectivity index (χ0) is 14.7. The van der Waals surface area contributed by atoms with Crippen LogP contribution in [-0.2, 0) is 19.4 Å². The molecule has 1 aliphatic rings. The summed E-state index contributed by atoms with van der Waals surface area (Å²) in [4.78, 5) is 2.57. The first kappa shape index (κ1) is 14.2. The van der Waals surface area contributed by atoms with Gasteiger partial charge in [0, 0.05) is 24.8 Å². The average molecular weight is 280 g/mol. The largest absolute Gasteiger partial charge is 0.398 e. The lowest BCUT2D eigenvalue weighted by molar-refractivity contribution is 0.183. The monoisotopic (exact) mass is 280 g/mol. The SMILES string of the molecule is CC(CCc1ccccc1)N1CCc2cccc(N)c2C1. The first-order valence-electron chi connectivity index (χ1n) is 7.88. The molecule has 2 heteroatoms. The van der Waals surface area contributed by atoms with Gasteiger partial charge in [-0.2, -0.15) is 0 Å². The maximum atomic E-state index is 6.14. The number of nitrogens with zero attached hydrogens (tertiary/aromatic N) is 1. The smallest absolute Gasteiger partial charge is 0.0362 e. The van der Waals surface area contributed by atoms with Gasteiger partial charge in [0.15, 0.2) is 0 Å². The summed E-state index contributed by atoms with van der Waals surface area (Å²) in [5.41, 5.74) is 11.3. The van der Waals surface area contributed by atoms with Gasteiger partial charge in [0.25, 0.3) is 0 Å². The van der Waals surface area contributed by atoms with Crippen molar-refractivity contribution in [3.05, 3.63) is 65.2 Å². The van der Waals surface area contributed by atoms with E-state index in [2.05, 4.69) is 54.3 Å². The summed E-state index contributed by atoms with van der Waals surface area (Å²) in [7, 11) is 0. The molecule has 0 fully saturated rings. The normalized spacial score (nSPS) is 16.4. The Labute approximate surface area is 127 Å². The van der Waals surface area contributed by atoms with Gasteiger partial charge in [-0.3, -0.25) is 4.90 Å². The maximum Gasteiger partial charge on any atom is 0.0362 e. The second kappa shape index (κ2) is 6.31. The molecule has 1 atom stereocenters. The van der Waals surface area contributed by atoms with Crippen LogP contribution in [0.4, 0.5) is 5.69 Å². The van der Waals surface area contributed by atoms with Crippen molar-refractivity contribution >= 4 is 5.69 Å². The number of anilines is 1. The van der Waals surface area contributed by atoms with Gasteiger partial charge in [-0.25, -0.2) is 0 Å². The Balaban J connectivity index is 1.62. The van der Waals surface area contributed by atoms with Gasteiger partial charge >= 0.3 is 0 Å². The lowest BCUT2D eigenvalue weighted by Crippen LogP contribution is -2.38. The van der Waals surface area contributed by atoms with Gasteiger partial charge in [-0.1, -0.05) is 42.5 Å². The van der Waals surface area contributed by atoms with E-state index >= 15 is 0 Å². The standard InChI is InChI=1S/C19H24N2/c1-15(10-11-16-6-3-2-4-7-16)21-13-12-17-8-5-9-19(20)18(17)14-21/h2-9,15H,10-14,20H2,1H3. The molecule has 0 spiro atoms. The second-order valence-electron chi connectivity index (χ2n) is 6.08. The fourth-order valence-electron chi connectivity index (χ4n) is 3.21. The molecule has 0 aromatic heterocycles. The number of nitrogens with two attached hydrogens (primary N) is 1. The third-order valence-corrected chi connectivity index (χ3v) is 4.66. The topological polar surface area (TPSA) is 29.3 Å². The molecule has 2 aromatic rings. The Morgan fingerprint density at radius 1 is 1.10 bits per heavy atom. The van der Waals surface area contributed by atoms with Crippen LogP contribution >= 0.6 is 0 Å². The zero-order valence-corrected chi connectivity index (χ0v) is 12.8. The van der Waals surface area contributed by atoms with Gasteiger partial charge in [0.1, 0.15) is 0 Å². The summed E-state index contributed by atoms with van der Waals surface area (Å²) in [6, 6.07) is 17.7. The van der Waals surface area contributed by atoms with E-state index in [4.69, 9.17) is 5.73 Å². The van der Waals surface area contributed by atoms with Crippen molar-refractivity contribution in [1.29, 1.82) is 0 Å². The van der Waals surface area contributed by atoms with Crippen molar-refractivity contribution in [2.75, 3.05) is 12.3 Å². The summed E-state index contributed by atoms with van der Waals surface area (Å²) in [6.07, 6.45) is 3.47. The summed E-state index contributed by atoms with van der Waals surface area (Å²) in [5.74, 6) is 0. The fourth-order valence-corrected chi connectivity index (χ4v) is 3.21. The molecule has 1 unspecified atom stereocenters. The van der Waals surface area contributed by atoms with Crippen LogP contribution in [0, 0.1) is 0 Å². The molecule has 110 valence electrons. The van der Waals surface area contributed by atoms with Gasteiger partial charge in [-0.05, 0) is 48.9 Å². The molecule has 2 nitrogen and oxygen atoms in total. The van der Waals surface area contributed by atoms with E-state index in [0.717, 1.165) is 31.6 Å². The lowest BCUT2D eigenvalue weighted by Gasteiger charge is -2.34. The molecule has 0 bridgehead atoms. The summed E-state index contributed by atoms with van der Waals surface area (Å²) in [5, 5.41) is 0. The Kier molecular flexibility index (Phi) is 4.26. The van der Waals surface area contributed by atoms with Crippen molar-refractivity contribution in [2.45, 2.75) is 38.8 Å². The number of hydrogen-bond donors (Lipinski definition) is 1. The Hall–Kier alpha value is -1.80. The number of fused-ring (bicyclic) bond motifs is 1. The Bertz CT molecular complexity index is 592. The van der Waals surface area contributed by atoms with Gasteiger partial charge in [0.2, 0.25) is 0 Å². The number of benzene rings is 2.